The molecule has 0 amide bonds. The highest BCUT2D eigenvalue weighted by atomic mass is 32.3. The number of nitrogen functional groups attached to an aromatic ring is 1. The molecule has 0 aliphatic rings. The molecule has 0 aromatic heterocycles. The molecule has 0 saturated heterocycles. The van der Waals surface area contributed by atoms with E-state index in [1.54, 1.807) is 12.1 Å². The molecule has 0 fully saturated rings. The Morgan fingerprint density at radius 2 is 1.60 bits per heavy atom. The Labute approximate surface area is 118 Å². The highest BCUT2D eigenvalue weighted by Crippen LogP contribution is 2.25. The smallest absolute Gasteiger partial charge is 0.394 e. The van der Waals surface area contributed by atoms with Crippen LogP contribution in [0.3, 0.4) is 0 Å². The number of benzene rings is 1. The van der Waals surface area contributed by atoms with Gasteiger partial charge in [0.15, 0.2) is 0 Å². The molecule has 0 aliphatic carbocycles. The fourth-order valence-corrected chi connectivity index (χ4v) is 1.69. The van der Waals surface area contributed by atoms with Crippen LogP contribution in [0.15, 0.2) is 18.2 Å². The summed E-state index contributed by atoms with van der Waals surface area (Å²) in [6.07, 6.45) is 1.09. The minimum absolute atomic E-state index is 0.406. The van der Waals surface area contributed by atoms with Crippen molar-refractivity contribution in [2.24, 2.45) is 0 Å². The zero-order chi connectivity index (χ0) is 16.1. The van der Waals surface area contributed by atoms with Gasteiger partial charge in [0.05, 0.1) is 17.6 Å². The summed E-state index contributed by atoms with van der Waals surface area (Å²) in [5, 5.41) is 0. The van der Waals surface area contributed by atoms with E-state index in [0.29, 0.717) is 11.4 Å². The van der Waals surface area contributed by atoms with Gasteiger partial charge in [0.25, 0.3) is 0 Å². The summed E-state index contributed by atoms with van der Waals surface area (Å²) in [4.78, 5) is 1.87. The quantitative estimate of drug-likeness (QED) is 0.449. The van der Waals surface area contributed by atoms with Crippen molar-refractivity contribution in [1.82, 2.24) is 0 Å². The molecule has 20 heavy (non-hydrogen) atoms. The van der Waals surface area contributed by atoms with Gasteiger partial charge in [-0.3, -0.25) is 13.8 Å². The third-order valence-electron chi connectivity index (χ3n) is 1.85. The van der Waals surface area contributed by atoms with Crippen LogP contribution < -0.4 is 15.4 Å². The van der Waals surface area contributed by atoms with Crippen LogP contribution in [0.4, 0.5) is 17.1 Å². The number of nitrogens with one attached hydrogen (secondary N) is 1. The van der Waals surface area contributed by atoms with E-state index in [4.69, 9.17) is 23.3 Å². The van der Waals surface area contributed by atoms with Crippen molar-refractivity contribution in [3.05, 3.63) is 18.2 Å². The van der Waals surface area contributed by atoms with Crippen molar-refractivity contribution in [2.45, 2.75) is 0 Å². The largest absolute Gasteiger partial charge is 0.397 e. The zero-order valence-corrected chi connectivity index (χ0v) is 12.7. The van der Waals surface area contributed by atoms with Gasteiger partial charge in [-0.15, -0.1) is 0 Å². The first-order chi connectivity index (χ1) is 8.79. The Balaban J connectivity index is 0.000000621. The molecule has 1 rings (SSSR count). The van der Waals surface area contributed by atoms with Gasteiger partial charge >= 0.3 is 10.4 Å². The summed E-state index contributed by atoms with van der Waals surface area (Å²) in [7, 11) is -4.22. The molecule has 1 aromatic rings. The van der Waals surface area contributed by atoms with Crippen molar-refractivity contribution < 1.29 is 25.9 Å². The maximum absolute atomic E-state index is 11.1. The van der Waals surface area contributed by atoms with Crippen LogP contribution >= 0.6 is 0 Å². The van der Waals surface area contributed by atoms with E-state index < -0.39 is 20.4 Å². The van der Waals surface area contributed by atoms with Crippen LogP contribution in [-0.2, 0) is 20.4 Å². The molecule has 5 N–H and O–H groups in total. The maximum atomic E-state index is 11.1. The Kier molecular flexibility index (Phi) is 6.22. The Hall–Kier alpha value is -1.56. The molecule has 0 heterocycles. The topological polar surface area (TPSA) is 150 Å². The molecule has 0 radical (unpaired) electrons. The van der Waals surface area contributed by atoms with Crippen molar-refractivity contribution in [1.29, 1.82) is 0 Å². The normalized spacial score (nSPS) is 11.2. The average Bonchev–Trinajstić information content (AvgIpc) is 2.16. The average molecular weight is 327 g/mol. The van der Waals surface area contributed by atoms with Crippen LogP contribution in [0.25, 0.3) is 0 Å². The zero-order valence-electron chi connectivity index (χ0n) is 11.1. The molecular weight excluding hydrogens is 310 g/mol. The summed E-state index contributed by atoms with van der Waals surface area (Å²) in [5.41, 5.74) is 7.35. The van der Waals surface area contributed by atoms with Crippen molar-refractivity contribution in [3.63, 3.8) is 0 Å². The molecule has 0 bridgehead atoms. The van der Waals surface area contributed by atoms with Gasteiger partial charge < -0.3 is 10.6 Å². The molecule has 0 unspecified atom stereocenters. The Bertz CT molecular complexity index is 646. The lowest BCUT2D eigenvalue weighted by Crippen LogP contribution is -2.13. The van der Waals surface area contributed by atoms with E-state index >= 15 is 0 Å². The number of anilines is 3. The third-order valence-corrected chi connectivity index (χ3v) is 2.44. The van der Waals surface area contributed by atoms with E-state index in [-0.39, 0.29) is 0 Å². The van der Waals surface area contributed by atoms with Gasteiger partial charge in [0.2, 0.25) is 10.0 Å². The monoisotopic (exact) mass is 327 g/mol. The van der Waals surface area contributed by atoms with Crippen LogP contribution in [-0.4, -0.2) is 46.3 Å². The first-order valence-electron chi connectivity index (χ1n) is 5.04. The first-order valence-corrected chi connectivity index (χ1v) is 8.33. The van der Waals surface area contributed by atoms with E-state index in [9.17, 15) is 8.42 Å². The van der Waals surface area contributed by atoms with E-state index in [0.717, 1.165) is 11.9 Å². The number of nitrogens with zero attached hydrogens (tertiary/aromatic N) is 1. The first kappa shape index (κ1) is 18.4. The van der Waals surface area contributed by atoms with Gasteiger partial charge in [0.1, 0.15) is 0 Å². The Morgan fingerprint density at radius 1 is 1.15 bits per heavy atom. The fourth-order valence-electron chi connectivity index (χ4n) is 1.11. The van der Waals surface area contributed by atoms with Gasteiger partial charge in [-0.1, -0.05) is 0 Å². The van der Waals surface area contributed by atoms with Gasteiger partial charge in [-0.2, -0.15) is 8.42 Å². The lowest BCUT2D eigenvalue weighted by Gasteiger charge is -2.15. The highest BCUT2D eigenvalue weighted by Gasteiger charge is 2.07. The minimum atomic E-state index is -4.67. The molecule has 0 aliphatic heterocycles. The van der Waals surface area contributed by atoms with Gasteiger partial charge in [0, 0.05) is 19.8 Å². The predicted molar refractivity (Wildman–Crippen MR) is 77.8 cm³/mol. The third kappa shape index (κ3) is 9.38. The molecule has 11 heteroatoms. The summed E-state index contributed by atoms with van der Waals surface area (Å²) in [6.45, 7) is 0. The number of nitrogens with two attached hydrogens (primary N) is 1. The highest BCUT2D eigenvalue weighted by molar-refractivity contribution is 7.92. The molecular formula is C9H17N3O6S2. The number of hydrogen-bond donors (Lipinski definition) is 4. The predicted octanol–water partition coefficient (Wildman–Crippen LogP) is 0.0535. The lowest BCUT2D eigenvalue weighted by atomic mass is 10.2. The van der Waals surface area contributed by atoms with E-state index in [1.165, 1.54) is 0 Å². The lowest BCUT2D eigenvalue weighted by molar-refractivity contribution is 0.381. The number of rotatable bonds is 3. The number of hydrogen-bond acceptors (Lipinski definition) is 6. The minimum Gasteiger partial charge on any atom is -0.397 e. The standard InChI is InChI=1S/C9H15N3O2S.H2O4S/c1-12(2)7-4-5-8(10)9(6-7)11-15(3,13)14;1-5(2,3)4/h4-6,11H,10H2,1-3H3;(H2,1,2,3,4). The molecule has 0 spiro atoms. The molecule has 0 saturated carbocycles. The van der Waals surface area contributed by atoms with Crippen LogP contribution in [0.1, 0.15) is 0 Å². The van der Waals surface area contributed by atoms with Crippen molar-refractivity contribution in [2.75, 3.05) is 35.7 Å². The van der Waals surface area contributed by atoms with Gasteiger partial charge in [-0.25, -0.2) is 8.42 Å². The van der Waals surface area contributed by atoms with E-state index in [2.05, 4.69) is 4.72 Å². The molecule has 0 atom stereocenters. The SMILES string of the molecule is CN(C)c1ccc(N)c(NS(C)(=O)=O)c1.O=S(=O)(O)O. The second-order valence-electron chi connectivity index (χ2n) is 3.99. The van der Waals surface area contributed by atoms with E-state index in [1.807, 2.05) is 25.1 Å². The summed E-state index contributed by atoms with van der Waals surface area (Å²) >= 11 is 0. The summed E-state index contributed by atoms with van der Waals surface area (Å²) in [6, 6.07) is 5.18. The second-order valence-corrected chi connectivity index (χ2v) is 6.63. The molecule has 116 valence electrons. The van der Waals surface area contributed by atoms with Crippen LogP contribution in [0.5, 0.6) is 0 Å². The summed E-state index contributed by atoms with van der Waals surface area (Å²) < 4.78 is 56.1. The van der Waals surface area contributed by atoms with Gasteiger partial charge in [-0.05, 0) is 18.2 Å². The summed E-state index contributed by atoms with van der Waals surface area (Å²) in [5.74, 6) is 0. The van der Waals surface area contributed by atoms with Crippen LogP contribution in [0, 0.1) is 0 Å². The van der Waals surface area contributed by atoms with Crippen molar-refractivity contribution in [3.8, 4) is 0 Å². The maximum Gasteiger partial charge on any atom is 0.394 e. The van der Waals surface area contributed by atoms with Crippen LogP contribution in [0.2, 0.25) is 0 Å². The van der Waals surface area contributed by atoms with Crippen molar-refractivity contribution >= 4 is 37.5 Å². The second kappa shape index (κ2) is 6.74. The molecule has 9 nitrogen and oxygen atoms in total. The molecule has 1 aromatic carbocycles. The number of sulfonamides is 1. The Morgan fingerprint density at radius 3 is 1.95 bits per heavy atom. The fraction of sp³-hybridized carbons (Fsp3) is 0.333.